The number of hydrogen-bond acceptors (Lipinski definition) is 6. The second kappa shape index (κ2) is 7.86. The highest BCUT2D eigenvalue weighted by Crippen LogP contribution is 2.47. The molecule has 0 bridgehead atoms. The molecular weight excluding hydrogens is 348 g/mol. The summed E-state index contributed by atoms with van der Waals surface area (Å²) in [4.78, 5) is 11.8. The lowest BCUT2D eigenvalue weighted by molar-refractivity contribution is 0.0600. The van der Waals surface area contributed by atoms with E-state index >= 15 is 0 Å². The van der Waals surface area contributed by atoms with Gasteiger partial charge >= 0.3 is 5.97 Å². The van der Waals surface area contributed by atoms with E-state index in [2.05, 4.69) is 0 Å². The molecule has 0 radical (unpaired) electrons. The van der Waals surface area contributed by atoms with Crippen LogP contribution in [0.2, 0.25) is 0 Å². The van der Waals surface area contributed by atoms with Gasteiger partial charge in [0.15, 0.2) is 11.5 Å². The Hall–Kier alpha value is -3.41. The number of esters is 1. The molecule has 3 rings (SSSR count). The number of carbonyl (C=O) groups excluding carboxylic acids is 1. The number of aromatic hydroxyl groups is 1. The Bertz CT molecular complexity index is 966. The van der Waals surface area contributed by atoms with E-state index in [4.69, 9.17) is 18.9 Å². The Morgan fingerprint density at radius 1 is 0.963 bits per heavy atom. The minimum Gasteiger partial charge on any atom is -0.507 e. The Balaban J connectivity index is 2.12. The van der Waals surface area contributed by atoms with E-state index in [0.717, 1.165) is 5.56 Å². The van der Waals surface area contributed by atoms with Gasteiger partial charge in [-0.3, -0.25) is 0 Å². The van der Waals surface area contributed by atoms with Crippen LogP contribution in [-0.4, -0.2) is 32.4 Å². The summed E-state index contributed by atoms with van der Waals surface area (Å²) in [5.74, 6) is 0.467. The molecular formula is C21H20O6. The van der Waals surface area contributed by atoms with Gasteiger partial charge in [0, 0.05) is 0 Å². The lowest BCUT2D eigenvalue weighted by atomic mass is 10.0. The van der Waals surface area contributed by atoms with Gasteiger partial charge in [0.25, 0.3) is 0 Å². The minimum atomic E-state index is -0.547. The van der Waals surface area contributed by atoms with Crippen LogP contribution >= 0.6 is 0 Å². The van der Waals surface area contributed by atoms with Crippen molar-refractivity contribution in [1.29, 1.82) is 0 Å². The average molecular weight is 368 g/mol. The van der Waals surface area contributed by atoms with Crippen LogP contribution in [0.3, 0.4) is 0 Å². The van der Waals surface area contributed by atoms with Gasteiger partial charge in [-0.25, -0.2) is 4.79 Å². The zero-order chi connectivity index (χ0) is 19.4. The van der Waals surface area contributed by atoms with Gasteiger partial charge in [-0.2, -0.15) is 0 Å². The highest BCUT2D eigenvalue weighted by molar-refractivity contribution is 6.02. The first-order chi connectivity index (χ1) is 13.1. The van der Waals surface area contributed by atoms with E-state index in [1.54, 1.807) is 12.1 Å². The summed E-state index contributed by atoms with van der Waals surface area (Å²) in [6.45, 7) is 0.306. The molecule has 0 aliphatic heterocycles. The fraction of sp³-hybridized carbons (Fsp3) is 0.190. The Labute approximate surface area is 156 Å². The van der Waals surface area contributed by atoms with E-state index in [0.29, 0.717) is 34.6 Å². The van der Waals surface area contributed by atoms with Crippen molar-refractivity contribution in [2.24, 2.45) is 0 Å². The molecule has 6 nitrogen and oxygen atoms in total. The maximum Gasteiger partial charge on any atom is 0.338 e. The second-order valence-electron chi connectivity index (χ2n) is 5.80. The molecule has 0 amide bonds. The van der Waals surface area contributed by atoms with Gasteiger partial charge in [-0.15, -0.1) is 0 Å². The van der Waals surface area contributed by atoms with Crippen LogP contribution in [0.15, 0.2) is 48.5 Å². The second-order valence-corrected chi connectivity index (χ2v) is 5.80. The molecule has 0 saturated carbocycles. The summed E-state index contributed by atoms with van der Waals surface area (Å²) in [6, 6.07) is 14.3. The fourth-order valence-corrected chi connectivity index (χ4v) is 2.89. The first-order valence-corrected chi connectivity index (χ1v) is 8.25. The van der Waals surface area contributed by atoms with Gasteiger partial charge in [0.05, 0.1) is 32.3 Å². The number of rotatable bonds is 6. The van der Waals surface area contributed by atoms with Crippen molar-refractivity contribution in [1.82, 2.24) is 0 Å². The van der Waals surface area contributed by atoms with Gasteiger partial charge < -0.3 is 24.1 Å². The molecule has 0 spiro atoms. The molecule has 0 aromatic heterocycles. The average Bonchev–Trinajstić information content (AvgIpc) is 2.71. The molecule has 0 aliphatic carbocycles. The van der Waals surface area contributed by atoms with Crippen molar-refractivity contribution in [2.75, 3.05) is 21.3 Å². The van der Waals surface area contributed by atoms with Crippen molar-refractivity contribution >= 4 is 16.7 Å². The minimum absolute atomic E-state index is 0.114. The molecule has 6 heteroatoms. The number of phenols is 1. The standard InChI is InChI=1S/C21H20O6/c1-24-17-11-14-9-15(21(23)26-3)10-16(22)18(14)20(25-2)19(17)27-12-13-7-5-4-6-8-13/h4-11,22H,12H2,1-3H3. The van der Waals surface area contributed by atoms with Crippen LogP contribution in [0.1, 0.15) is 15.9 Å². The third-order valence-corrected chi connectivity index (χ3v) is 4.16. The highest BCUT2D eigenvalue weighted by Gasteiger charge is 2.21. The molecule has 1 N–H and O–H groups in total. The quantitative estimate of drug-likeness (QED) is 0.665. The van der Waals surface area contributed by atoms with Crippen LogP contribution in [0.25, 0.3) is 10.8 Å². The predicted octanol–water partition coefficient (Wildman–Crippen LogP) is 3.93. The van der Waals surface area contributed by atoms with E-state index < -0.39 is 5.97 Å². The topological polar surface area (TPSA) is 74.2 Å². The van der Waals surface area contributed by atoms with E-state index in [-0.39, 0.29) is 11.3 Å². The Morgan fingerprint density at radius 3 is 2.33 bits per heavy atom. The van der Waals surface area contributed by atoms with Crippen molar-refractivity contribution < 1.29 is 28.8 Å². The number of phenolic OH excluding ortho intramolecular Hbond substituents is 1. The van der Waals surface area contributed by atoms with Gasteiger partial charge in [-0.1, -0.05) is 30.3 Å². The third kappa shape index (κ3) is 3.60. The smallest absolute Gasteiger partial charge is 0.338 e. The van der Waals surface area contributed by atoms with Crippen LogP contribution in [0, 0.1) is 0 Å². The number of methoxy groups -OCH3 is 3. The first kappa shape index (κ1) is 18.4. The molecule has 0 heterocycles. The molecule has 27 heavy (non-hydrogen) atoms. The van der Waals surface area contributed by atoms with Crippen LogP contribution < -0.4 is 14.2 Å². The molecule has 0 fully saturated rings. The highest BCUT2D eigenvalue weighted by atomic mass is 16.5. The predicted molar refractivity (Wildman–Crippen MR) is 101 cm³/mol. The first-order valence-electron chi connectivity index (χ1n) is 8.25. The number of hydrogen-bond donors (Lipinski definition) is 1. The summed E-state index contributed by atoms with van der Waals surface area (Å²) >= 11 is 0. The van der Waals surface area contributed by atoms with Gasteiger partial charge in [0.2, 0.25) is 5.75 Å². The zero-order valence-corrected chi connectivity index (χ0v) is 15.3. The molecule has 0 unspecified atom stereocenters. The number of fused-ring (bicyclic) bond motifs is 1. The summed E-state index contributed by atoms with van der Waals surface area (Å²) in [7, 11) is 4.28. The lowest BCUT2D eigenvalue weighted by Crippen LogP contribution is -2.03. The SMILES string of the molecule is COC(=O)c1cc(O)c2c(OC)c(OCc3ccccc3)c(OC)cc2c1. The van der Waals surface area contributed by atoms with Crippen molar-refractivity contribution in [3.63, 3.8) is 0 Å². The molecule has 0 aliphatic rings. The third-order valence-electron chi connectivity index (χ3n) is 4.16. The van der Waals surface area contributed by atoms with E-state index in [1.807, 2.05) is 30.3 Å². The van der Waals surface area contributed by atoms with E-state index in [1.165, 1.54) is 27.4 Å². The van der Waals surface area contributed by atoms with Crippen molar-refractivity contribution in [3.05, 3.63) is 59.7 Å². The van der Waals surface area contributed by atoms with Crippen LogP contribution in [0.4, 0.5) is 0 Å². The normalized spacial score (nSPS) is 10.5. The summed E-state index contributed by atoms with van der Waals surface area (Å²) < 4.78 is 21.6. The van der Waals surface area contributed by atoms with Gasteiger partial charge in [0.1, 0.15) is 12.4 Å². The van der Waals surface area contributed by atoms with Crippen molar-refractivity contribution in [2.45, 2.75) is 6.61 Å². The molecule has 0 saturated heterocycles. The molecule has 140 valence electrons. The zero-order valence-electron chi connectivity index (χ0n) is 15.3. The van der Waals surface area contributed by atoms with Gasteiger partial charge in [-0.05, 0) is 29.1 Å². The number of carbonyl (C=O) groups is 1. The Kier molecular flexibility index (Phi) is 5.35. The fourth-order valence-electron chi connectivity index (χ4n) is 2.89. The molecule has 0 atom stereocenters. The summed E-state index contributed by atoms with van der Waals surface area (Å²) in [6.07, 6.45) is 0. The number of benzene rings is 3. The van der Waals surface area contributed by atoms with E-state index in [9.17, 15) is 9.90 Å². The maximum atomic E-state index is 11.8. The summed E-state index contributed by atoms with van der Waals surface area (Å²) in [5.41, 5.74) is 1.21. The number of ether oxygens (including phenoxy) is 4. The lowest BCUT2D eigenvalue weighted by Gasteiger charge is -2.18. The van der Waals surface area contributed by atoms with Crippen LogP contribution in [-0.2, 0) is 11.3 Å². The Morgan fingerprint density at radius 2 is 1.70 bits per heavy atom. The molecule has 3 aromatic rings. The van der Waals surface area contributed by atoms with Crippen molar-refractivity contribution in [3.8, 4) is 23.0 Å². The monoisotopic (exact) mass is 368 g/mol. The largest absolute Gasteiger partial charge is 0.507 e. The summed E-state index contributed by atoms with van der Waals surface area (Å²) in [5, 5.41) is 11.5. The maximum absolute atomic E-state index is 11.8. The molecule has 3 aromatic carbocycles. The van der Waals surface area contributed by atoms with Crippen LogP contribution in [0.5, 0.6) is 23.0 Å².